The Morgan fingerprint density at radius 1 is 1.15 bits per heavy atom. The first-order valence-corrected chi connectivity index (χ1v) is 10.2. The van der Waals surface area contributed by atoms with Crippen molar-refractivity contribution in [3.05, 3.63) is 53.1 Å². The number of halogens is 1. The van der Waals surface area contributed by atoms with E-state index in [9.17, 15) is 18.3 Å². The minimum absolute atomic E-state index is 0.0393. The number of benzene rings is 2. The van der Waals surface area contributed by atoms with Gasteiger partial charge in [0.1, 0.15) is 10.6 Å². The lowest BCUT2D eigenvalue weighted by Crippen LogP contribution is -2.28. The SMILES string of the molecule is CC(C)(C)c1ccc(O)c(NC(=O)CCNS(=O)(=O)c2ccccc2Cl)c1. The van der Waals surface area contributed by atoms with E-state index in [0.717, 1.165) is 5.56 Å². The lowest BCUT2D eigenvalue weighted by molar-refractivity contribution is -0.116. The minimum Gasteiger partial charge on any atom is -0.506 e. The summed E-state index contributed by atoms with van der Waals surface area (Å²) in [5.74, 6) is -0.466. The summed E-state index contributed by atoms with van der Waals surface area (Å²) in [4.78, 5) is 12.1. The van der Waals surface area contributed by atoms with Crippen LogP contribution in [-0.4, -0.2) is 26.0 Å². The van der Waals surface area contributed by atoms with Crippen molar-refractivity contribution in [3.8, 4) is 5.75 Å². The molecular weight excluding hydrogens is 388 g/mol. The molecule has 0 aromatic heterocycles. The number of anilines is 1. The average Bonchev–Trinajstić information content (AvgIpc) is 2.56. The number of carbonyl (C=O) groups excluding carboxylic acids is 1. The molecule has 146 valence electrons. The molecule has 0 radical (unpaired) electrons. The Bertz CT molecular complexity index is 937. The van der Waals surface area contributed by atoms with Crippen molar-refractivity contribution < 1.29 is 18.3 Å². The zero-order valence-electron chi connectivity index (χ0n) is 15.4. The third-order valence-electron chi connectivity index (χ3n) is 3.91. The Morgan fingerprint density at radius 2 is 1.81 bits per heavy atom. The number of carbonyl (C=O) groups is 1. The number of amides is 1. The van der Waals surface area contributed by atoms with Crippen LogP contribution in [0.1, 0.15) is 32.8 Å². The van der Waals surface area contributed by atoms with Crippen LogP contribution in [0, 0.1) is 0 Å². The first-order chi connectivity index (χ1) is 12.5. The van der Waals surface area contributed by atoms with Crippen molar-refractivity contribution in [3.63, 3.8) is 0 Å². The molecule has 0 aliphatic carbocycles. The highest BCUT2D eigenvalue weighted by Gasteiger charge is 2.18. The van der Waals surface area contributed by atoms with Crippen molar-refractivity contribution in [2.75, 3.05) is 11.9 Å². The third-order valence-corrected chi connectivity index (χ3v) is 5.87. The Balaban J connectivity index is 1.98. The maximum absolute atomic E-state index is 12.2. The molecular formula is C19H23ClN2O4S. The molecule has 3 N–H and O–H groups in total. The van der Waals surface area contributed by atoms with Crippen LogP contribution in [-0.2, 0) is 20.2 Å². The molecule has 8 heteroatoms. The molecule has 6 nitrogen and oxygen atoms in total. The van der Waals surface area contributed by atoms with Gasteiger partial charge in [-0.15, -0.1) is 0 Å². The predicted molar refractivity (Wildman–Crippen MR) is 107 cm³/mol. The van der Waals surface area contributed by atoms with Crippen LogP contribution in [0.3, 0.4) is 0 Å². The Morgan fingerprint density at radius 3 is 2.44 bits per heavy atom. The van der Waals surface area contributed by atoms with Gasteiger partial charge in [0.05, 0.1) is 10.7 Å². The van der Waals surface area contributed by atoms with Gasteiger partial charge in [0.25, 0.3) is 0 Å². The van der Waals surface area contributed by atoms with Gasteiger partial charge in [0, 0.05) is 13.0 Å². The average molecular weight is 411 g/mol. The first kappa shape index (κ1) is 21.2. The molecule has 0 saturated carbocycles. The second kappa shape index (κ2) is 8.29. The third kappa shape index (κ3) is 5.69. The van der Waals surface area contributed by atoms with Gasteiger partial charge >= 0.3 is 0 Å². The van der Waals surface area contributed by atoms with Gasteiger partial charge < -0.3 is 10.4 Å². The van der Waals surface area contributed by atoms with Crippen molar-refractivity contribution in [2.45, 2.75) is 37.5 Å². The van der Waals surface area contributed by atoms with E-state index in [-0.39, 0.29) is 34.0 Å². The summed E-state index contributed by atoms with van der Waals surface area (Å²) in [5, 5.41) is 12.7. The maximum Gasteiger partial charge on any atom is 0.242 e. The van der Waals surface area contributed by atoms with Crippen LogP contribution in [0.15, 0.2) is 47.4 Å². The Kier molecular flexibility index (Phi) is 6.51. The molecule has 0 atom stereocenters. The molecule has 0 saturated heterocycles. The summed E-state index contributed by atoms with van der Waals surface area (Å²) in [6.07, 6.45) is -0.0944. The van der Waals surface area contributed by atoms with Crippen LogP contribution < -0.4 is 10.0 Å². The lowest BCUT2D eigenvalue weighted by atomic mass is 9.87. The molecule has 27 heavy (non-hydrogen) atoms. The summed E-state index contributed by atoms with van der Waals surface area (Å²) in [5.41, 5.74) is 1.11. The normalized spacial score (nSPS) is 12.0. The highest BCUT2D eigenvalue weighted by Crippen LogP contribution is 2.30. The summed E-state index contributed by atoms with van der Waals surface area (Å²) in [7, 11) is -3.81. The number of hydrogen-bond acceptors (Lipinski definition) is 4. The molecule has 0 bridgehead atoms. The number of phenols is 1. The number of hydrogen-bond donors (Lipinski definition) is 3. The zero-order chi connectivity index (χ0) is 20.2. The van der Waals surface area contributed by atoms with E-state index in [1.54, 1.807) is 24.3 Å². The molecule has 0 unspecified atom stereocenters. The standard InChI is InChI=1S/C19H23ClN2O4S/c1-19(2,3)13-8-9-16(23)15(12-13)22-18(24)10-11-21-27(25,26)17-7-5-4-6-14(17)20/h4-9,12,21,23H,10-11H2,1-3H3,(H,22,24). The molecule has 0 aliphatic rings. The fraction of sp³-hybridized carbons (Fsp3) is 0.316. The number of nitrogens with one attached hydrogen (secondary N) is 2. The number of rotatable bonds is 6. The summed E-state index contributed by atoms with van der Waals surface area (Å²) in [6, 6.07) is 11.1. The van der Waals surface area contributed by atoms with Crippen molar-refractivity contribution in [2.24, 2.45) is 0 Å². The molecule has 0 spiro atoms. The largest absolute Gasteiger partial charge is 0.506 e. The van der Waals surface area contributed by atoms with E-state index < -0.39 is 15.9 Å². The van der Waals surface area contributed by atoms with Crippen LogP contribution in [0.2, 0.25) is 5.02 Å². The fourth-order valence-electron chi connectivity index (χ4n) is 2.35. The van der Waals surface area contributed by atoms with Gasteiger partial charge in [0.2, 0.25) is 15.9 Å². The van der Waals surface area contributed by atoms with Gasteiger partial charge in [-0.1, -0.05) is 50.6 Å². The molecule has 2 rings (SSSR count). The first-order valence-electron chi connectivity index (χ1n) is 8.38. The van der Waals surface area contributed by atoms with Gasteiger partial charge in [-0.2, -0.15) is 0 Å². The Labute approximate surface area is 164 Å². The van der Waals surface area contributed by atoms with Crippen LogP contribution in [0.25, 0.3) is 0 Å². The second-order valence-electron chi connectivity index (χ2n) is 7.11. The van der Waals surface area contributed by atoms with Crippen LogP contribution in [0.5, 0.6) is 5.75 Å². The maximum atomic E-state index is 12.2. The van der Waals surface area contributed by atoms with Crippen molar-refractivity contribution in [1.29, 1.82) is 0 Å². The predicted octanol–water partition coefficient (Wildman–Crippen LogP) is 3.65. The highest BCUT2D eigenvalue weighted by molar-refractivity contribution is 7.89. The highest BCUT2D eigenvalue weighted by atomic mass is 35.5. The van der Waals surface area contributed by atoms with E-state index in [2.05, 4.69) is 10.0 Å². The van der Waals surface area contributed by atoms with Crippen LogP contribution >= 0.6 is 11.6 Å². The summed E-state index contributed by atoms with van der Waals surface area (Å²) in [6.45, 7) is 5.97. The van der Waals surface area contributed by atoms with Gasteiger partial charge in [0.15, 0.2) is 0 Å². The Hall–Kier alpha value is -2.09. The number of aromatic hydroxyl groups is 1. The molecule has 2 aromatic rings. The van der Waals surface area contributed by atoms with Crippen LogP contribution in [0.4, 0.5) is 5.69 Å². The molecule has 2 aromatic carbocycles. The van der Waals surface area contributed by atoms with Crippen molar-refractivity contribution >= 4 is 33.2 Å². The quantitative estimate of drug-likeness (QED) is 0.633. The van der Waals surface area contributed by atoms with Gasteiger partial charge in [-0.3, -0.25) is 4.79 Å². The minimum atomic E-state index is -3.81. The van der Waals surface area contributed by atoms with E-state index in [1.807, 2.05) is 20.8 Å². The van der Waals surface area contributed by atoms with Gasteiger partial charge in [-0.05, 0) is 35.2 Å². The van der Waals surface area contributed by atoms with E-state index >= 15 is 0 Å². The van der Waals surface area contributed by atoms with E-state index in [0.29, 0.717) is 5.69 Å². The van der Waals surface area contributed by atoms with Gasteiger partial charge in [-0.25, -0.2) is 13.1 Å². The smallest absolute Gasteiger partial charge is 0.242 e. The van der Waals surface area contributed by atoms with Crippen molar-refractivity contribution in [1.82, 2.24) is 4.72 Å². The monoisotopic (exact) mass is 410 g/mol. The lowest BCUT2D eigenvalue weighted by Gasteiger charge is -2.20. The fourth-order valence-corrected chi connectivity index (χ4v) is 3.90. The molecule has 0 aliphatic heterocycles. The second-order valence-corrected chi connectivity index (χ2v) is 9.25. The summed E-state index contributed by atoms with van der Waals surface area (Å²) < 4.78 is 26.8. The molecule has 0 fully saturated rings. The summed E-state index contributed by atoms with van der Waals surface area (Å²) >= 11 is 5.90. The molecule has 1 amide bonds. The number of sulfonamides is 1. The van der Waals surface area contributed by atoms with E-state index in [1.165, 1.54) is 18.2 Å². The number of phenolic OH excluding ortho intramolecular Hbond substituents is 1. The zero-order valence-corrected chi connectivity index (χ0v) is 17.0. The van der Waals surface area contributed by atoms with E-state index in [4.69, 9.17) is 11.6 Å². The topological polar surface area (TPSA) is 95.5 Å². The molecule has 0 heterocycles.